The Hall–Kier alpha value is -3.28. The molecule has 6 heteroatoms. The summed E-state index contributed by atoms with van der Waals surface area (Å²) in [6.45, 7) is 16.1. The van der Waals surface area contributed by atoms with Crippen LogP contribution >= 0.6 is 0 Å². The number of rotatable bonds is 13. The molecule has 3 rings (SSSR count). The number of Topliss-reactive ketones (excluding diaryl/α,β-unsaturated/α-hetero) is 1. The van der Waals surface area contributed by atoms with Crippen LogP contribution in [-0.2, 0) is 22.6 Å². The van der Waals surface area contributed by atoms with E-state index in [1.54, 1.807) is 13.8 Å². The van der Waals surface area contributed by atoms with E-state index in [0.29, 0.717) is 29.7 Å². The van der Waals surface area contributed by atoms with E-state index in [2.05, 4.69) is 62.3 Å². The van der Waals surface area contributed by atoms with E-state index in [9.17, 15) is 14.0 Å². The van der Waals surface area contributed by atoms with Crippen molar-refractivity contribution in [1.29, 1.82) is 0 Å². The number of nitrogens with two attached hydrogens (primary N) is 1. The summed E-state index contributed by atoms with van der Waals surface area (Å²) in [6, 6.07) is 14.6. The van der Waals surface area contributed by atoms with Crippen LogP contribution in [0.15, 0.2) is 59.2 Å². The summed E-state index contributed by atoms with van der Waals surface area (Å²) < 4.78 is 14.2. The van der Waals surface area contributed by atoms with Crippen molar-refractivity contribution < 1.29 is 14.0 Å². The Labute approximate surface area is 260 Å². The molecule has 43 heavy (non-hydrogen) atoms. The zero-order valence-corrected chi connectivity index (χ0v) is 27.9. The number of nitrogens with zero attached hydrogens (tertiary/aromatic N) is 1. The molecule has 0 radical (unpaired) electrons. The molecular weight excluding hydrogens is 537 g/mol. The monoisotopic (exact) mass is 593 g/mol. The average molecular weight is 594 g/mol. The Morgan fingerprint density at radius 3 is 2.35 bits per heavy atom. The molecule has 5 nitrogen and oxygen atoms in total. The summed E-state index contributed by atoms with van der Waals surface area (Å²) in [7, 11) is 0. The predicted molar refractivity (Wildman–Crippen MR) is 180 cm³/mol. The minimum atomic E-state index is -1.03. The molecule has 2 aromatic rings. The Kier molecular flexibility index (Phi) is 18.1. The Balaban J connectivity index is 0.000000901. The van der Waals surface area contributed by atoms with Crippen LogP contribution in [0.5, 0.6) is 0 Å². The highest BCUT2D eigenvalue weighted by Gasteiger charge is 2.31. The molecule has 0 heterocycles. The number of unbranched alkanes of at least 4 members (excludes halogenated alkanes) is 1. The number of nitrogens with one attached hydrogen (secondary N) is 1. The van der Waals surface area contributed by atoms with Crippen molar-refractivity contribution in [3.8, 4) is 0 Å². The summed E-state index contributed by atoms with van der Waals surface area (Å²) >= 11 is 0. The second kappa shape index (κ2) is 20.6. The number of aliphatic imine (C=N–C) groups is 1. The molecule has 2 aromatic carbocycles. The molecule has 0 saturated heterocycles. The molecule has 238 valence electrons. The van der Waals surface area contributed by atoms with Crippen LogP contribution in [0.25, 0.3) is 0 Å². The fourth-order valence-electron chi connectivity index (χ4n) is 4.87. The van der Waals surface area contributed by atoms with E-state index in [1.807, 2.05) is 32.0 Å². The van der Waals surface area contributed by atoms with Crippen molar-refractivity contribution in [2.45, 2.75) is 125 Å². The lowest BCUT2D eigenvalue weighted by Gasteiger charge is -2.36. The van der Waals surface area contributed by atoms with Crippen LogP contribution < -0.4 is 11.1 Å². The second-order valence-electron chi connectivity index (χ2n) is 11.5. The summed E-state index contributed by atoms with van der Waals surface area (Å²) in [4.78, 5) is 27.2. The lowest BCUT2D eigenvalue weighted by molar-refractivity contribution is -0.118. The van der Waals surface area contributed by atoms with Crippen LogP contribution in [0.1, 0.15) is 127 Å². The van der Waals surface area contributed by atoms with Gasteiger partial charge in [0, 0.05) is 24.9 Å². The number of aryl methyl sites for hydroxylation is 1. The average Bonchev–Trinajstić information content (AvgIpc) is 2.97. The number of benzene rings is 2. The highest BCUT2D eigenvalue weighted by Crippen LogP contribution is 2.37. The van der Waals surface area contributed by atoms with Gasteiger partial charge >= 0.3 is 0 Å². The van der Waals surface area contributed by atoms with Gasteiger partial charge in [0.2, 0.25) is 0 Å². The van der Waals surface area contributed by atoms with E-state index < -0.39 is 6.17 Å². The van der Waals surface area contributed by atoms with E-state index >= 15 is 0 Å². The van der Waals surface area contributed by atoms with Gasteiger partial charge in [-0.3, -0.25) is 9.79 Å². The van der Waals surface area contributed by atoms with Crippen molar-refractivity contribution in [2.24, 2.45) is 16.6 Å². The summed E-state index contributed by atoms with van der Waals surface area (Å²) in [5, 5.41) is 3.06. The molecule has 0 aliphatic heterocycles. The molecule has 1 amide bonds. The topological polar surface area (TPSA) is 84.5 Å². The maximum Gasteiger partial charge on any atom is 0.254 e. The van der Waals surface area contributed by atoms with Crippen molar-refractivity contribution >= 4 is 17.9 Å². The largest absolute Gasteiger partial charge is 0.404 e. The fraction of sp³-hybridized carbons (Fsp3) is 0.541. The van der Waals surface area contributed by atoms with Crippen LogP contribution in [-0.4, -0.2) is 23.9 Å². The van der Waals surface area contributed by atoms with E-state index in [0.717, 1.165) is 61.6 Å². The minimum absolute atomic E-state index is 0.146. The standard InChI is InChI=1S/C29H38FN3O.C6H12O.C2H6/c1-5-19(2)11-24-10-9-22(13-28(24)21(4)30)17-32-18-26(16-31)29(34)33-27-14-25(15-27)23-8-6-7-20(3)12-23;1-3-4-5-6(2)7;1-2/h6-10,12-13,16,18-19,21,25,27H,5,11,14-15,17,31H2,1-4H3,(H,33,34);3-5H2,1-2H3;1-2H3/b26-16+,32-18?;;. The van der Waals surface area contributed by atoms with Gasteiger partial charge in [0.05, 0.1) is 12.1 Å². The van der Waals surface area contributed by atoms with Gasteiger partial charge in [-0.2, -0.15) is 0 Å². The summed E-state index contributed by atoms with van der Waals surface area (Å²) in [5.41, 5.74) is 11.3. The first-order valence-electron chi connectivity index (χ1n) is 16.1. The van der Waals surface area contributed by atoms with Gasteiger partial charge in [-0.05, 0) is 80.5 Å². The lowest BCUT2D eigenvalue weighted by atomic mass is 9.75. The van der Waals surface area contributed by atoms with Gasteiger partial charge in [-0.1, -0.05) is 95.5 Å². The quantitative estimate of drug-likeness (QED) is 0.180. The predicted octanol–water partition coefficient (Wildman–Crippen LogP) is 8.88. The molecule has 0 aromatic heterocycles. The fourth-order valence-corrected chi connectivity index (χ4v) is 4.87. The normalized spacial score (nSPS) is 17.5. The van der Waals surface area contributed by atoms with Crippen LogP contribution in [0.4, 0.5) is 4.39 Å². The highest BCUT2D eigenvalue weighted by molar-refractivity contribution is 6.12. The van der Waals surface area contributed by atoms with Crippen LogP contribution in [0.2, 0.25) is 0 Å². The Morgan fingerprint density at radius 2 is 1.81 bits per heavy atom. The van der Waals surface area contributed by atoms with Crippen LogP contribution in [0.3, 0.4) is 0 Å². The molecule has 0 spiro atoms. The van der Waals surface area contributed by atoms with Gasteiger partial charge in [-0.25, -0.2) is 4.39 Å². The number of alkyl halides is 1. The van der Waals surface area contributed by atoms with E-state index in [1.165, 1.54) is 23.5 Å². The van der Waals surface area contributed by atoms with E-state index in [-0.39, 0.29) is 11.9 Å². The third kappa shape index (κ3) is 13.7. The molecular formula is C37H56FN3O2. The number of amides is 1. The smallest absolute Gasteiger partial charge is 0.254 e. The number of hydrogen-bond donors (Lipinski definition) is 2. The Bertz CT molecular complexity index is 1180. The number of carbonyl (C=O) groups is 2. The van der Waals surface area contributed by atoms with Crippen LogP contribution in [0, 0.1) is 12.8 Å². The molecule has 0 bridgehead atoms. The summed E-state index contributed by atoms with van der Waals surface area (Å²) in [5.74, 6) is 1.10. The van der Waals surface area contributed by atoms with Gasteiger partial charge in [0.1, 0.15) is 12.0 Å². The van der Waals surface area contributed by atoms with Gasteiger partial charge in [0.15, 0.2) is 0 Å². The number of hydrogen-bond acceptors (Lipinski definition) is 4. The minimum Gasteiger partial charge on any atom is -0.404 e. The molecule has 1 fully saturated rings. The molecule has 1 saturated carbocycles. The summed E-state index contributed by atoms with van der Waals surface area (Å²) in [6.07, 6.45) is 8.50. The number of carbonyl (C=O) groups excluding carboxylic acids is 2. The number of ketones is 1. The van der Waals surface area contributed by atoms with Crippen molar-refractivity contribution in [3.63, 3.8) is 0 Å². The SMILES string of the molecule is CC.CCC(C)Cc1ccc(CN=C/C(=C\N)C(=O)NC2CC(c3cccc(C)c3)C2)cc1C(C)F.CCCCC(C)=O. The first kappa shape index (κ1) is 37.7. The molecule has 3 N–H and O–H groups in total. The number of halogens is 1. The first-order chi connectivity index (χ1) is 20.6. The highest BCUT2D eigenvalue weighted by atomic mass is 19.1. The third-order valence-electron chi connectivity index (χ3n) is 7.72. The van der Waals surface area contributed by atoms with Crippen molar-refractivity contribution in [3.05, 3.63) is 82.1 Å². The maximum atomic E-state index is 14.2. The Morgan fingerprint density at radius 1 is 1.12 bits per heavy atom. The molecule has 2 atom stereocenters. The van der Waals surface area contributed by atoms with Crippen molar-refractivity contribution in [1.82, 2.24) is 5.32 Å². The van der Waals surface area contributed by atoms with Gasteiger partial charge < -0.3 is 15.8 Å². The zero-order chi connectivity index (χ0) is 32.4. The second-order valence-corrected chi connectivity index (χ2v) is 11.5. The maximum absolute atomic E-state index is 14.2. The van der Waals surface area contributed by atoms with Gasteiger partial charge in [-0.15, -0.1) is 0 Å². The lowest BCUT2D eigenvalue weighted by Crippen LogP contribution is -2.44. The third-order valence-corrected chi connectivity index (χ3v) is 7.72. The van der Waals surface area contributed by atoms with Crippen molar-refractivity contribution in [2.75, 3.05) is 0 Å². The molecule has 2 unspecified atom stereocenters. The van der Waals surface area contributed by atoms with Gasteiger partial charge in [0.25, 0.3) is 5.91 Å². The zero-order valence-electron chi connectivity index (χ0n) is 27.9. The van der Waals surface area contributed by atoms with E-state index in [4.69, 9.17) is 5.73 Å². The molecule has 1 aliphatic carbocycles. The first-order valence-corrected chi connectivity index (χ1v) is 16.1. The molecule has 1 aliphatic rings.